The molecule has 12 aromatic carbocycles. The van der Waals surface area contributed by atoms with Gasteiger partial charge >= 0.3 is 0 Å². The van der Waals surface area contributed by atoms with E-state index in [1.165, 1.54) is 120 Å². The fourth-order valence-electron chi connectivity index (χ4n) is 10.3. The predicted octanol–water partition coefficient (Wildman–Crippen LogP) is 16.7. The van der Waals surface area contributed by atoms with Gasteiger partial charge in [-0.05, 0) is 147 Å². The molecule has 13 rings (SSSR count). The number of aromatic nitrogens is 1. The van der Waals surface area contributed by atoms with Crippen molar-refractivity contribution in [1.29, 1.82) is 0 Å². The van der Waals surface area contributed by atoms with Crippen molar-refractivity contribution in [2.45, 2.75) is 0 Å². The number of rotatable bonds is 4. The summed E-state index contributed by atoms with van der Waals surface area (Å²) < 4.78 is 2.45. The molecule has 0 aliphatic carbocycles. The minimum atomic E-state index is 1.14. The largest absolute Gasteiger partial charge is 0.309 e. The Morgan fingerprint density at radius 1 is 0.213 bits per heavy atom. The molecule has 1 nitrogen and oxygen atoms in total. The molecule has 1 heterocycles. The highest BCUT2D eigenvalue weighted by atomic mass is 15.0. The van der Waals surface area contributed by atoms with Crippen LogP contribution in [0.4, 0.5) is 0 Å². The lowest BCUT2D eigenvalue weighted by molar-refractivity contribution is 1.18. The predicted molar refractivity (Wildman–Crippen MR) is 262 cm³/mol. The van der Waals surface area contributed by atoms with Gasteiger partial charge in [0.05, 0.1) is 11.0 Å². The quantitative estimate of drug-likeness (QED) is 0.124. The van der Waals surface area contributed by atoms with E-state index in [9.17, 15) is 0 Å². The molecule has 0 N–H and O–H groups in total. The fourth-order valence-corrected chi connectivity index (χ4v) is 10.3. The first-order valence-electron chi connectivity index (χ1n) is 21.2. The van der Waals surface area contributed by atoms with Gasteiger partial charge in [0.15, 0.2) is 0 Å². The SMILES string of the molecule is c1ccc2c(-c3ccc4c(c3)c3cc(-c5cccc6ccccc56)ccc3n4-c3ccc(-c4cccc5cc6c7ccccc7c7ccccc7c6cc45)cc3)cccc2c1. The molecule has 0 spiro atoms. The van der Waals surface area contributed by atoms with Gasteiger partial charge in [0.25, 0.3) is 0 Å². The van der Waals surface area contributed by atoms with Crippen LogP contribution >= 0.6 is 0 Å². The molecule has 13 aromatic rings. The zero-order chi connectivity index (χ0) is 40.0. The van der Waals surface area contributed by atoms with Crippen LogP contribution in [-0.2, 0) is 0 Å². The van der Waals surface area contributed by atoms with Crippen molar-refractivity contribution in [3.63, 3.8) is 0 Å². The lowest BCUT2D eigenvalue weighted by Gasteiger charge is -2.14. The summed E-state index contributed by atoms with van der Waals surface area (Å²) in [6, 6.07) is 83.2. The lowest BCUT2D eigenvalue weighted by atomic mass is 9.90. The van der Waals surface area contributed by atoms with E-state index in [-0.39, 0.29) is 0 Å². The summed E-state index contributed by atoms with van der Waals surface area (Å²) >= 11 is 0. The zero-order valence-electron chi connectivity index (χ0n) is 33.3. The maximum Gasteiger partial charge on any atom is 0.0541 e. The summed E-state index contributed by atoms with van der Waals surface area (Å²) in [5.41, 5.74) is 10.9. The maximum atomic E-state index is 2.45. The van der Waals surface area contributed by atoms with E-state index in [0.717, 1.165) is 5.69 Å². The minimum Gasteiger partial charge on any atom is -0.309 e. The van der Waals surface area contributed by atoms with Gasteiger partial charge < -0.3 is 4.57 Å². The van der Waals surface area contributed by atoms with Crippen LogP contribution in [0.3, 0.4) is 0 Å². The molecule has 0 atom stereocenters. The standard InChI is InChI=1S/C60H37N/c1-3-17-45-38(12-1)14-9-24-48(45)42-28-32-59-57(35-42)58-36-43(49-25-10-15-39-13-2-4-18-46(39)49)29-33-60(58)61(59)44-30-26-40(27-31-44)47-23-11-16-41-34-55-52-21-7-5-19-50(52)51-20-6-8-22-53(51)56(55)37-54(41)47/h1-37H. The first kappa shape index (κ1) is 33.9. The molecule has 282 valence electrons. The van der Waals surface area contributed by atoms with E-state index < -0.39 is 0 Å². The van der Waals surface area contributed by atoms with Gasteiger partial charge in [-0.3, -0.25) is 0 Å². The molecule has 1 heteroatoms. The second-order valence-electron chi connectivity index (χ2n) is 16.4. The monoisotopic (exact) mass is 771 g/mol. The van der Waals surface area contributed by atoms with Gasteiger partial charge in [-0.1, -0.05) is 176 Å². The highest BCUT2D eigenvalue weighted by molar-refractivity contribution is 6.28. The molecule has 0 saturated heterocycles. The second kappa shape index (κ2) is 13.3. The van der Waals surface area contributed by atoms with E-state index in [1.807, 2.05) is 0 Å². The molecule has 0 unspecified atom stereocenters. The van der Waals surface area contributed by atoms with Crippen molar-refractivity contribution in [1.82, 2.24) is 4.57 Å². The van der Waals surface area contributed by atoms with Crippen LogP contribution in [-0.4, -0.2) is 4.57 Å². The summed E-state index contributed by atoms with van der Waals surface area (Å²) in [4.78, 5) is 0. The van der Waals surface area contributed by atoms with Gasteiger partial charge in [-0.2, -0.15) is 0 Å². The Hall–Kier alpha value is -8.00. The highest BCUT2D eigenvalue weighted by Crippen LogP contribution is 2.42. The third kappa shape index (κ3) is 5.21. The van der Waals surface area contributed by atoms with Crippen molar-refractivity contribution in [3.05, 3.63) is 224 Å². The van der Waals surface area contributed by atoms with E-state index in [1.54, 1.807) is 0 Å². The van der Waals surface area contributed by atoms with Crippen LogP contribution in [0.5, 0.6) is 0 Å². The molecule has 0 radical (unpaired) electrons. The first-order valence-corrected chi connectivity index (χ1v) is 21.2. The molecule has 0 aliphatic heterocycles. The second-order valence-corrected chi connectivity index (χ2v) is 16.4. The van der Waals surface area contributed by atoms with Crippen LogP contribution in [0.1, 0.15) is 0 Å². The van der Waals surface area contributed by atoms with Crippen LogP contribution in [0.15, 0.2) is 224 Å². The molecule has 0 amide bonds. The van der Waals surface area contributed by atoms with Crippen LogP contribution in [0, 0.1) is 0 Å². The lowest BCUT2D eigenvalue weighted by Crippen LogP contribution is -1.94. The topological polar surface area (TPSA) is 4.93 Å². The van der Waals surface area contributed by atoms with E-state index in [0.29, 0.717) is 0 Å². The van der Waals surface area contributed by atoms with Gasteiger partial charge in [-0.25, -0.2) is 0 Å². The Morgan fingerprint density at radius 3 is 1.13 bits per heavy atom. The van der Waals surface area contributed by atoms with Gasteiger partial charge in [0.2, 0.25) is 0 Å². The van der Waals surface area contributed by atoms with Crippen LogP contribution in [0.25, 0.3) is 126 Å². The third-order valence-corrected chi connectivity index (χ3v) is 13.1. The zero-order valence-corrected chi connectivity index (χ0v) is 33.3. The van der Waals surface area contributed by atoms with Gasteiger partial charge in [-0.15, -0.1) is 0 Å². The Labute approximate surface area is 353 Å². The molecule has 0 bridgehead atoms. The number of hydrogen-bond donors (Lipinski definition) is 0. The van der Waals surface area contributed by atoms with Crippen molar-refractivity contribution in [3.8, 4) is 39.1 Å². The highest BCUT2D eigenvalue weighted by Gasteiger charge is 2.17. The molecular weight excluding hydrogens is 735 g/mol. The van der Waals surface area contributed by atoms with Crippen molar-refractivity contribution >= 4 is 86.4 Å². The number of benzene rings is 12. The third-order valence-electron chi connectivity index (χ3n) is 13.1. The van der Waals surface area contributed by atoms with Crippen LogP contribution in [0.2, 0.25) is 0 Å². The summed E-state index contributed by atoms with van der Waals surface area (Å²) in [6.45, 7) is 0. The average molecular weight is 772 g/mol. The van der Waals surface area contributed by atoms with Crippen molar-refractivity contribution in [2.24, 2.45) is 0 Å². The van der Waals surface area contributed by atoms with Gasteiger partial charge in [0, 0.05) is 16.5 Å². The summed E-state index contributed by atoms with van der Waals surface area (Å²) in [7, 11) is 0. The van der Waals surface area contributed by atoms with Gasteiger partial charge in [0.1, 0.15) is 0 Å². The Balaban J connectivity index is 0.995. The number of fused-ring (bicyclic) bond motifs is 12. The molecule has 1 aromatic heterocycles. The average Bonchev–Trinajstić information content (AvgIpc) is 3.66. The van der Waals surface area contributed by atoms with Crippen molar-refractivity contribution in [2.75, 3.05) is 0 Å². The molecule has 0 saturated carbocycles. The minimum absolute atomic E-state index is 1.14. The molecule has 61 heavy (non-hydrogen) atoms. The Kier molecular flexibility index (Phi) is 7.37. The fraction of sp³-hybridized carbons (Fsp3) is 0. The first-order chi connectivity index (χ1) is 30.2. The molecular formula is C60H37N. The Bertz CT molecular complexity index is 3780. The van der Waals surface area contributed by atoms with Crippen LogP contribution < -0.4 is 0 Å². The number of nitrogens with zero attached hydrogens (tertiary/aromatic N) is 1. The normalized spacial score (nSPS) is 11.9. The summed E-state index contributed by atoms with van der Waals surface area (Å²) in [5, 5.41) is 17.8. The molecule has 0 fully saturated rings. The Morgan fingerprint density at radius 2 is 0.607 bits per heavy atom. The van der Waals surface area contributed by atoms with Crippen molar-refractivity contribution < 1.29 is 0 Å². The maximum absolute atomic E-state index is 2.45. The van der Waals surface area contributed by atoms with E-state index in [4.69, 9.17) is 0 Å². The number of hydrogen-bond acceptors (Lipinski definition) is 0. The summed E-state index contributed by atoms with van der Waals surface area (Å²) in [6.07, 6.45) is 0. The van der Waals surface area contributed by atoms with E-state index in [2.05, 4.69) is 229 Å². The summed E-state index contributed by atoms with van der Waals surface area (Å²) in [5.74, 6) is 0. The molecule has 0 aliphatic rings. The smallest absolute Gasteiger partial charge is 0.0541 e. The van der Waals surface area contributed by atoms with E-state index >= 15 is 0 Å².